The zero-order chi connectivity index (χ0) is 18.2. The summed E-state index contributed by atoms with van der Waals surface area (Å²) < 4.78 is 0. The van der Waals surface area contributed by atoms with Crippen LogP contribution in [0, 0.1) is 5.41 Å². The Bertz CT molecular complexity index is 647. The number of piperazine rings is 1. The summed E-state index contributed by atoms with van der Waals surface area (Å²) in [6.45, 7) is 10.5. The van der Waals surface area contributed by atoms with Crippen LogP contribution in [0.1, 0.15) is 55.6 Å². The van der Waals surface area contributed by atoms with Crippen molar-refractivity contribution in [1.82, 2.24) is 14.8 Å². The summed E-state index contributed by atoms with van der Waals surface area (Å²) in [5.41, 5.74) is 5.31. The highest BCUT2D eigenvalue weighted by molar-refractivity contribution is 5.97. The van der Waals surface area contributed by atoms with Crippen molar-refractivity contribution in [3.8, 4) is 0 Å². The summed E-state index contributed by atoms with van der Waals surface area (Å²) in [6.07, 6.45) is 0. The van der Waals surface area contributed by atoms with Crippen molar-refractivity contribution in [1.29, 1.82) is 0 Å². The van der Waals surface area contributed by atoms with Gasteiger partial charge >= 0.3 is 0 Å². The molecule has 7 heteroatoms. The summed E-state index contributed by atoms with van der Waals surface area (Å²) in [6, 6.07) is 2.83. The number of primary amides is 1. The fourth-order valence-corrected chi connectivity index (χ4v) is 3.17. The summed E-state index contributed by atoms with van der Waals surface area (Å²) in [5.74, 6) is -0.703. The predicted molar refractivity (Wildman–Crippen MR) is 90.4 cm³/mol. The number of hydrogen-bond donors (Lipinski definition) is 2. The molecule has 1 saturated heterocycles. The molecule has 0 spiro atoms. The molecule has 3 N–H and O–H groups in total. The number of aromatic amines is 1. The standard InChI is InChI=1S/C17H26N4O3/c1-10-8-20(16(24)17(3,4)5)9-11(2)21(10)15(23)13-7-6-12(19-13)14(18)22/h6-7,10-11,19H,8-9H2,1-5H3,(H2,18,22)/t10-,11-/m1/s1. The van der Waals surface area contributed by atoms with E-state index in [0.29, 0.717) is 18.8 Å². The van der Waals surface area contributed by atoms with Crippen molar-refractivity contribution in [2.45, 2.75) is 46.7 Å². The maximum Gasteiger partial charge on any atom is 0.270 e. The number of nitrogens with one attached hydrogen (secondary N) is 1. The molecule has 0 aliphatic carbocycles. The van der Waals surface area contributed by atoms with Gasteiger partial charge in [-0.1, -0.05) is 20.8 Å². The minimum absolute atomic E-state index is 0.0872. The van der Waals surface area contributed by atoms with Crippen LogP contribution in [0.4, 0.5) is 0 Å². The molecule has 1 fully saturated rings. The number of rotatable bonds is 2. The molecule has 7 nitrogen and oxygen atoms in total. The van der Waals surface area contributed by atoms with Crippen LogP contribution in [-0.4, -0.2) is 57.7 Å². The lowest BCUT2D eigenvalue weighted by Crippen LogP contribution is -2.61. The third-order valence-corrected chi connectivity index (χ3v) is 4.26. The van der Waals surface area contributed by atoms with Crippen molar-refractivity contribution in [3.05, 3.63) is 23.5 Å². The van der Waals surface area contributed by atoms with Gasteiger partial charge in [0.15, 0.2) is 0 Å². The van der Waals surface area contributed by atoms with Crippen molar-refractivity contribution in [2.75, 3.05) is 13.1 Å². The normalized spacial score (nSPS) is 21.7. The lowest BCUT2D eigenvalue weighted by Gasteiger charge is -2.45. The Morgan fingerprint density at radius 3 is 2.00 bits per heavy atom. The lowest BCUT2D eigenvalue weighted by molar-refractivity contribution is -0.143. The largest absolute Gasteiger partial charge is 0.364 e. The van der Waals surface area contributed by atoms with Gasteiger partial charge in [0.25, 0.3) is 11.8 Å². The van der Waals surface area contributed by atoms with Gasteiger partial charge in [-0.25, -0.2) is 0 Å². The average Bonchev–Trinajstić information content (AvgIpc) is 2.94. The third kappa shape index (κ3) is 3.44. The van der Waals surface area contributed by atoms with E-state index in [9.17, 15) is 14.4 Å². The van der Waals surface area contributed by atoms with Gasteiger partial charge in [-0.2, -0.15) is 0 Å². The molecule has 0 bridgehead atoms. The van der Waals surface area contributed by atoms with Crippen LogP contribution in [0.15, 0.2) is 12.1 Å². The van der Waals surface area contributed by atoms with Crippen LogP contribution in [0.2, 0.25) is 0 Å². The van der Waals surface area contributed by atoms with Crippen LogP contribution >= 0.6 is 0 Å². The number of carbonyl (C=O) groups excluding carboxylic acids is 3. The van der Waals surface area contributed by atoms with E-state index in [0.717, 1.165) is 0 Å². The maximum atomic E-state index is 12.8. The second kappa shape index (κ2) is 6.30. The number of aromatic nitrogens is 1. The van der Waals surface area contributed by atoms with Crippen LogP contribution in [0.3, 0.4) is 0 Å². The summed E-state index contributed by atoms with van der Waals surface area (Å²) in [5, 5.41) is 0. The Morgan fingerprint density at radius 2 is 1.58 bits per heavy atom. The first-order valence-electron chi connectivity index (χ1n) is 8.13. The first kappa shape index (κ1) is 18.0. The third-order valence-electron chi connectivity index (χ3n) is 4.26. The Kier molecular flexibility index (Phi) is 4.73. The molecule has 1 aromatic heterocycles. The molecular weight excluding hydrogens is 308 g/mol. The molecule has 1 aromatic rings. The summed E-state index contributed by atoms with van der Waals surface area (Å²) in [4.78, 5) is 42.8. The lowest BCUT2D eigenvalue weighted by atomic mass is 9.93. The molecule has 1 aliphatic rings. The zero-order valence-corrected chi connectivity index (χ0v) is 14.9. The molecule has 0 saturated carbocycles. The van der Waals surface area contributed by atoms with E-state index in [2.05, 4.69) is 4.98 Å². The topological polar surface area (TPSA) is 99.5 Å². The maximum absolute atomic E-state index is 12.8. The van der Waals surface area contributed by atoms with E-state index in [1.165, 1.54) is 6.07 Å². The SMILES string of the molecule is C[C@@H]1CN(C(=O)C(C)(C)C)C[C@@H](C)N1C(=O)c1ccc(C(N)=O)[nH]1. The number of H-pyrrole nitrogens is 1. The van der Waals surface area contributed by atoms with Gasteiger partial charge in [0, 0.05) is 30.6 Å². The Balaban J connectivity index is 2.16. The van der Waals surface area contributed by atoms with Gasteiger partial charge in [-0.15, -0.1) is 0 Å². The smallest absolute Gasteiger partial charge is 0.270 e. The van der Waals surface area contributed by atoms with Crippen LogP contribution in [-0.2, 0) is 4.79 Å². The summed E-state index contributed by atoms with van der Waals surface area (Å²) >= 11 is 0. The average molecular weight is 334 g/mol. The van der Waals surface area contributed by atoms with Crippen molar-refractivity contribution in [2.24, 2.45) is 11.1 Å². The highest BCUT2D eigenvalue weighted by Crippen LogP contribution is 2.24. The van der Waals surface area contributed by atoms with Gasteiger partial charge < -0.3 is 20.5 Å². The van der Waals surface area contributed by atoms with Crippen molar-refractivity contribution >= 4 is 17.7 Å². The summed E-state index contributed by atoms with van der Waals surface area (Å²) in [7, 11) is 0. The highest BCUT2D eigenvalue weighted by atomic mass is 16.2. The van der Waals surface area contributed by atoms with E-state index in [1.807, 2.05) is 39.5 Å². The number of hydrogen-bond acceptors (Lipinski definition) is 3. The number of nitrogens with two attached hydrogens (primary N) is 1. The van der Waals surface area contributed by atoms with Gasteiger partial charge in [-0.3, -0.25) is 14.4 Å². The molecule has 1 aliphatic heterocycles. The van der Waals surface area contributed by atoms with Gasteiger partial charge in [0.05, 0.1) is 0 Å². The van der Waals surface area contributed by atoms with Crippen molar-refractivity contribution < 1.29 is 14.4 Å². The van der Waals surface area contributed by atoms with E-state index in [-0.39, 0.29) is 29.6 Å². The molecule has 3 amide bonds. The first-order chi connectivity index (χ1) is 11.0. The molecule has 132 valence electrons. The molecule has 24 heavy (non-hydrogen) atoms. The molecule has 0 aromatic carbocycles. The minimum atomic E-state index is -0.601. The van der Waals surface area contributed by atoms with Crippen LogP contribution < -0.4 is 5.73 Å². The van der Waals surface area contributed by atoms with Gasteiger partial charge in [0.2, 0.25) is 5.91 Å². The predicted octanol–water partition coefficient (Wildman–Crippen LogP) is 1.22. The molecule has 0 unspecified atom stereocenters. The quantitative estimate of drug-likeness (QED) is 0.850. The zero-order valence-electron chi connectivity index (χ0n) is 14.9. The van der Waals surface area contributed by atoms with E-state index >= 15 is 0 Å². The van der Waals surface area contributed by atoms with Gasteiger partial charge in [-0.05, 0) is 26.0 Å². The second-order valence-electron chi connectivity index (χ2n) is 7.52. The highest BCUT2D eigenvalue weighted by Gasteiger charge is 2.38. The monoisotopic (exact) mass is 334 g/mol. The van der Waals surface area contributed by atoms with Crippen LogP contribution in [0.25, 0.3) is 0 Å². The van der Waals surface area contributed by atoms with Crippen molar-refractivity contribution in [3.63, 3.8) is 0 Å². The number of amides is 3. The van der Waals surface area contributed by atoms with E-state index in [4.69, 9.17) is 5.73 Å². The Hall–Kier alpha value is -2.31. The Labute approximate surface area is 142 Å². The van der Waals surface area contributed by atoms with Gasteiger partial charge in [0.1, 0.15) is 11.4 Å². The number of carbonyl (C=O) groups is 3. The number of nitrogens with zero attached hydrogens (tertiary/aromatic N) is 2. The van der Waals surface area contributed by atoms with Crippen LogP contribution in [0.5, 0.6) is 0 Å². The van der Waals surface area contributed by atoms with E-state index in [1.54, 1.807) is 11.0 Å². The molecule has 2 atom stereocenters. The first-order valence-corrected chi connectivity index (χ1v) is 8.13. The second-order valence-corrected chi connectivity index (χ2v) is 7.52. The van der Waals surface area contributed by atoms with E-state index < -0.39 is 11.3 Å². The molecule has 2 heterocycles. The fourth-order valence-electron chi connectivity index (χ4n) is 3.17. The fraction of sp³-hybridized carbons (Fsp3) is 0.588. The molecule has 0 radical (unpaired) electrons. The molecular formula is C17H26N4O3. The Morgan fingerprint density at radius 1 is 1.08 bits per heavy atom. The minimum Gasteiger partial charge on any atom is -0.364 e. The molecule has 2 rings (SSSR count).